The van der Waals surface area contributed by atoms with E-state index in [1.54, 1.807) is 0 Å². The molecular weight excluding hydrogens is 450 g/mol. The van der Waals surface area contributed by atoms with E-state index < -0.39 is 29.6 Å². The standard InChI is InChI=1S/C23H24F6N2O2/c24-22(25,26)18-11-16(12-19(13-18)23(27,28)29)14-33-20-7-4-9-31(10-8-30-15-32)21(20)17-5-2-1-3-6-17/h1-3,5-6,11-13,15,20-21H,4,7-10,14H2,(H,30,32). The highest BCUT2D eigenvalue weighted by molar-refractivity contribution is 5.45. The molecule has 2 unspecified atom stereocenters. The predicted octanol–water partition coefficient (Wildman–Crippen LogP) is 5.19. The third-order valence-electron chi connectivity index (χ3n) is 5.56. The van der Waals surface area contributed by atoms with E-state index in [0.29, 0.717) is 38.1 Å². The number of halogens is 6. The molecule has 1 aliphatic rings. The van der Waals surface area contributed by atoms with Gasteiger partial charge in [-0.1, -0.05) is 30.3 Å². The second-order valence-electron chi connectivity index (χ2n) is 7.87. The first kappa shape index (κ1) is 25.0. The fraction of sp³-hybridized carbons (Fsp3) is 0.435. The first-order valence-corrected chi connectivity index (χ1v) is 10.5. The van der Waals surface area contributed by atoms with Crippen LogP contribution in [0.4, 0.5) is 26.3 Å². The zero-order valence-corrected chi connectivity index (χ0v) is 17.6. The molecule has 2 atom stereocenters. The lowest BCUT2D eigenvalue weighted by atomic mass is 9.92. The zero-order valence-electron chi connectivity index (χ0n) is 17.6. The van der Waals surface area contributed by atoms with E-state index in [9.17, 15) is 31.1 Å². The lowest BCUT2D eigenvalue weighted by Gasteiger charge is -2.41. The Morgan fingerprint density at radius 1 is 1.00 bits per heavy atom. The summed E-state index contributed by atoms with van der Waals surface area (Å²) in [4.78, 5) is 12.7. The van der Waals surface area contributed by atoms with E-state index in [4.69, 9.17) is 4.74 Å². The summed E-state index contributed by atoms with van der Waals surface area (Å²) in [5, 5.41) is 2.60. The molecule has 10 heteroatoms. The highest BCUT2D eigenvalue weighted by Gasteiger charge is 2.37. The predicted molar refractivity (Wildman–Crippen MR) is 109 cm³/mol. The average molecular weight is 474 g/mol. The Morgan fingerprint density at radius 2 is 1.64 bits per heavy atom. The third-order valence-corrected chi connectivity index (χ3v) is 5.56. The van der Waals surface area contributed by atoms with Gasteiger partial charge in [-0.3, -0.25) is 9.69 Å². The number of nitrogens with zero attached hydrogens (tertiary/aromatic N) is 1. The first-order valence-electron chi connectivity index (χ1n) is 10.5. The van der Waals surface area contributed by atoms with Gasteiger partial charge in [0.15, 0.2) is 0 Å². The summed E-state index contributed by atoms with van der Waals surface area (Å²) in [5.41, 5.74) is -1.99. The monoisotopic (exact) mass is 474 g/mol. The normalized spacial score (nSPS) is 19.9. The van der Waals surface area contributed by atoms with Gasteiger partial charge < -0.3 is 10.1 Å². The van der Waals surface area contributed by atoms with Crippen LogP contribution < -0.4 is 5.32 Å². The fourth-order valence-electron chi connectivity index (χ4n) is 4.10. The number of ether oxygens (including phenoxy) is 1. The van der Waals surface area contributed by atoms with Crippen LogP contribution in [0.2, 0.25) is 0 Å². The maximum absolute atomic E-state index is 13.2. The smallest absolute Gasteiger partial charge is 0.372 e. The molecule has 0 spiro atoms. The van der Waals surface area contributed by atoms with Crippen molar-refractivity contribution < 1.29 is 35.9 Å². The van der Waals surface area contributed by atoms with Crippen molar-refractivity contribution in [2.45, 2.75) is 43.9 Å². The molecule has 1 heterocycles. The van der Waals surface area contributed by atoms with Crippen LogP contribution in [-0.4, -0.2) is 37.0 Å². The van der Waals surface area contributed by atoms with Gasteiger partial charge >= 0.3 is 12.4 Å². The van der Waals surface area contributed by atoms with Gasteiger partial charge in [0, 0.05) is 13.1 Å². The molecule has 0 aromatic heterocycles. The number of likely N-dealkylation sites (tertiary alicyclic amines) is 1. The van der Waals surface area contributed by atoms with Crippen LogP contribution in [0, 0.1) is 0 Å². The number of carbonyl (C=O) groups excluding carboxylic acids is 1. The number of hydrogen-bond acceptors (Lipinski definition) is 3. The van der Waals surface area contributed by atoms with E-state index in [0.717, 1.165) is 18.5 Å². The molecule has 180 valence electrons. The lowest BCUT2D eigenvalue weighted by Crippen LogP contribution is -2.45. The number of rotatable bonds is 8. The van der Waals surface area contributed by atoms with E-state index in [2.05, 4.69) is 10.2 Å². The molecule has 1 N–H and O–H groups in total. The van der Waals surface area contributed by atoms with Crippen LogP contribution in [0.15, 0.2) is 48.5 Å². The van der Waals surface area contributed by atoms with Gasteiger partial charge in [0.2, 0.25) is 6.41 Å². The molecule has 1 saturated heterocycles. The SMILES string of the molecule is O=CNCCN1CCCC(OCc2cc(C(F)(F)F)cc(C(F)(F)F)c2)C1c1ccccc1. The van der Waals surface area contributed by atoms with E-state index in [1.165, 1.54) is 0 Å². The Hall–Kier alpha value is -2.59. The summed E-state index contributed by atoms with van der Waals surface area (Å²) in [7, 11) is 0. The van der Waals surface area contributed by atoms with Crippen LogP contribution >= 0.6 is 0 Å². The Bertz CT molecular complexity index is 885. The van der Waals surface area contributed by atoms with Crippen LogP contribution in [0.3, 0.4) is 0 Å². The number of nitrogens with one attached hydrogen (secondary N) is 1. The molecule has 0 bridgehead atoms. The van der Waals surface area contributed by atoms with Crippen LogP contribution in [-0.2, 0) is 28.5 Å². The third kappa shape index (κ3) is 6.70. The molecule has 1 amide bonds. The molecule has 0 radical (unpaired) electrons. The van der Waals surface area contributed by atoms with Crippen molar-refractivity contribution in [1.29, 1.82) is 0 Å². The highest BCUT2D eigenvalue weighted by Crippen LogP contribution is 2.37. The molecular formula is C23H24F6N2O2. The Balaban J connectivity index is 1.84. The average Bonchev–Trinajstić information content (AvgIpc) is 2.77. The minimum absolute atomic E-state index is 0.110. The summed E-state index contributed by atoms with van der Waals surface area (Å²) in [6.45, 7) is 1.27. The molecule has 33 heavy (non-hydrogen) atoms. The van der Waals surface area contributed by atoms with E-state index >= 15 is 0 Å². The quantitative estimate of drug-likeness (QED) is 0.325. The number of carbonyl (C=O) groups is 1. The summed E-state index contributed by atoms with van der Waals surface area (Å²) in [6, 6.07) is 10.6. The number of piperidine rings is 1. The van der Waals surface area contributed by atoms with Crippen molar-refractivity contribution in [3.8, 4) is 0 Å². The van der Waals surface area contributed by atoms with E-state index in [-0.39, 0.29) is 24.3 Å². The van der Waals surface area contributed by atoms with Crippen molar-refractivity contribution in [2.24, 2.45) is 0 Å². The largest absolute Gasteiger partial charge is 0.416 e. The second kappa shape index (κ2) is 10.6. The van der Waals surface area contributed by atoms with Gasteiger partial charge in [-0.05, 0) is 48.7 Å². The van der Waals surface area contributed by atoms with Crippen molar-refractivity contribution >= 4 is 6.41 Å². The van der Waals surface area contributed by atoms with Crippen LogP contribution in [0.5, 0.6) is 0 Å². The summed E-state index contributed by atoms with van der Waals surface area (Å²) in [6.07, 6.45) is -8.32. The highest BCUT2D eigenvalue weighted by atomic mass is 19.4. The second-order valence-corrected chi connectivity index (χ2v) is 7.87. The van der Waals surface area contributed by atoms with Gasteiger partial charge in [-0.2, -0.15) is 26.3 Å². The van der Waals surface area contributed by atoms with Gasteiger partial charge in [-0.15, -0.1) is 0 Å². The molecule has 0 aliphatic carbocycles. The van der Waals surface area contributed by atoms with E-state index in [1.807, 2.05) is 30.3 Å². The molecule has 1 aliphatic heterocycles. The Kier molecular flexibility index (Phi) is 8.01. The topological polar surface area (TPSA) is 41.6 Å². The van der Waals surface area contributed by atoms with Gasteiger partial charge in [0.05, 0.1) is 29.9 Å². The molecule has 3 rings (SSSR count). The van der Waals surface area contributed by atoms with Crippen molar-refractivity contribution in [1.82, 2.24) is 10.2 Å². The maximum atomic E-state index is 13.2. The summed E-state index contributed by atoms with van der Waals surface area (Å²) in [5.74, 6) is 0. The molecule has 0 saturated carbocycles. The Morgan fingerprint density at radius 3 is 2.21 bits per heavy atom. The van der Waals surface area contributed by atoms with Crippen molar-refractivity contribution in [3.05, 3.63) is 70.8 Å². The lowest BCUT2D eigenvalue weighted by molar-refractivity contribution is -0.143. The number of hydrogen-bond donors (Lipinski definition) is 1. The molecule has 2 aromatic carbocycles. The summed E-state index contributed by atoms with van der Waals surface area (Å²) < 4.78 is 84.9. The zero-order chi connectivity index (χ0) is 24.1. The van der Waals surface area contributed by atoms with Crippen molar-refractivity contribution in [3.63, 3.8) is 0 Å². The number of alkyl halides is 6. The van der Waals surface area contributed by atoms with Crippen LogP contribution in [0.1, 0.15) is 41.1 Å². The molecule has 2 aromatic rings. The van der Waals surface area contributed by atoms with Gasteiger partial charge in [0.1, 0.15) is 0 Å². The van der Waals surface area contributed by atoms with Gasteiger partial charge in [0.25, 0.3) is 0 Å². The molecule has 4 nitrogen and oxygen atoms in total. The maximum Gasteiger partial charge on any atom is 0.416 e. The van der Waals surface area contributed by atoms with Gasteiger partial charge in [-0.25, -0.2) is 0 Å². The van der Waals surface area contributed by atoms with Crippen LogP contribution in [0.25, 0.3) is 0 Å². The first-order chi connectivity index (χ1) is 15.6. The Labute approximate surface area is 187 Å². The minimum Gasteiger partial charge on any atom is -0.372 e. The number of benzene rings is 2. The minimum atomic E-state index is -4.91. The fourth-order valence-corrected chi connectivity index (χ4v) is 4.10. The summed E-state index contributed by atoms with van der Waals surface area (Å²) >= 11 is 0. The number of amides is 1. The van der Waals surface area contributed by atoms with Crippen molar-refractivity contribution in [2.75, 3.05) is 19.6 Å². The molecule has 1 fully saturated rings.